The highest BCUT2D eigenvalue weighted by molar-refractivity contribution is 4.81. The summed E-state index contributed by atoms with van der Waals surface area (Å²) in [6.45, 7) is 3.74. The highest BCUT2D eigenvalue weighted by Crippen LogP contribution is 2.25. The zero-order valence-electron chi connectivity index (χ0n) is 10.9. The van der Waals surface area contributed by atoms with Gasteiger partial charge in [0.05, 0.1) is 19.2 Å². The summed E-state index contributed by atoms with van der Waals surface area (Å²) < 4.78 is 23.0. The fourth-order valence-electron chi connectivity index (χ4n) is 1.83. The van der Waals surface area contributed by atoms with E-state index >= 15 is 0 Å². The second kappa shape index (κ2) is 9.35. The lowest BCUT2D eigenvalue weighted by molar-refractivity contribution is -0.0475. The first-order valence-corrected chi connectivity index (χ1v) is 6.59. The van der Waals surface area contributed by atoms with Crippen LogP contribution in [0.25, 0.3) is 0 Å². The van der Waals surface area contributed by atoms with Gasteiger partial charge in [-0.2, -0.15) is 5.26 Å². The Bertz CT molecular complexity index is 212. The van der Waals surface area contributed by atoms with Crippen LogP contribution in [0.4, 0.5) is 8.78 Å². The molecule has 1 saturated carbocycles. The van der Waals surface area contributed by atoms with Crippen molar-refractivity contribution in [2.24, 2.45) is 5.92 Å². The maximum Gasteiger partial charge on any atom is 0.272 e. The van der Waals surface area contributed by atoms with Crippen molar-refractivity contribution in [3.8, 4) is 6.07 Å². The molecule has 0 aromatic heterocycles. The zero-order chi connectivity index (χ0) is 13.1. The number of alkyl halides is 2. The van der Waals surface area contributed by atoms with Crippen molar-refractivity contribution < 1.29 is 8.78 Å². The standard InChI is InChI=1S/C8H13N.C3H5F2N.C2H6/c9-7-6-8-4-2-1-3-5-8;4-3(5)1-6-2-3;1-2/h8H,1-6H2;6H,1-2H2;1-2H3. The largest absolute Gasteiger partial charge is 0.305 e. The summed E-state index contributed by atoms with van der Waals surface area (Å²) >= 11 is 0. The number of nitrogens with one attached hydrogen (secondary N) is 1. The Morgan fingerprint density at radius 1 is 1.18 bits per heavy atom. The minimum atomic E-state index is -2.39. The molecule has 4 heteroatoms. The molecule has 0 spiro atoms. The Balaban J connectivity index is 0.000000278. The second-order valence-electron chi connectivity index (χ2n) is 4.33. The summed E-state index contributed by atoms with van der Waals surface area (Å²) in [5.41, 5.74) is 0. The maximum absolute atomic E-state index is 11.5. The van der Waals surface area contributed by atoms with Crippen molar-refractivity contribution in [2.45, 2.75) is 58.3 Å². The Labute approximate surface area is 103 Å². The van der Waals surface area contributed by atoms with E-state index in [1.165, 1.54) is 32.1 Å². The summed E-state index contributed by atoms with van der Waals surface area (Å²) in [6, 6.07) is 2.24. The van der Waals surface area contributed by atoms with Crippen LogP contribution in [0, 0.1) is 17.2 Å². The molecular weight excluding hydrogens is 222 g/mol. The van der Waals surface area contributed by atoms with Crippen LogP contribution in [-0.4, -0.2) is 19.0 Å². The minimum absolute atomic E-state index is 0.132. The van der Waals surface area contributed by atoms with E-state index in [2.05, 4.69) is 11.4 Å². The lowest BCUT2D eigenvalue weighted by Crippen LogP contribution is -2.52. The van der Waals surface area contributed by atoms with E-state index in [0.29, 0.717) is 0 Å². The fraction of sp³-hybridized carbons (Fsp3) is 0.923. The third kappa shape index (κ3) is 8.09. The summed E-state index contributed by atoms with van der Waals surface area (Å²) in [6.07, 6.45) is 7.49. The van der Waals surface area contributed by atoms with Crippen molar-refractivity contribution in [2.75, 3.05) is 13.1 Å². The molecule has 1 saturated heterocycles. The van der Waals surface area contributed by atoms with Crippen molar-refractivity contribution in [3.05, 3.63) is 0 Å². The molecule has 0 aromatic rings. The van der Waals surface area contributed by atoms with E-state index in [0.717, 1.165) is 12.3 Å². The zero-order valence-corrected chi connectivity index (χ0v) is 10.9. The predicted octanol–water partition coefficient (Wildman–Crippen LogP) is 3.73. The number of nitriles is 1. The van der Waals surface area contributed by atoms with Gasteiger partial charge in [-0.05, 0) is 18.8 Å². The van der Waals surface area contributed by atoms with E-state index in [1.54, 1.807) is 0 Å². The molecule has 0 amide bonds. The maximum atomic E-state index is 11.5. The fourth-order valence-corrected chi connectivity index (χ4v) is 1.83. The highest BCUT2D eigenvalue weighted by Gasteiger charge is 2.36. The van der Waals surface area contributed by atoms with Gasteiger partial charge >= 0.3 is 0 Å². The van der Waals surface area contributed by atoms with Gasteiger partial charge in [0.15, 0.2) is 0 Å². The molecule has 1 aliphatic carbocycles. The number of hydrogen-bond acceptors (Lipinski definition) is 2. The molecule has 0 bridgehead atoms. The molecule has 2 fully saturated rings. The van der Waals surface area contributed by atoms with E-state index in [-0.39, 0.29) is 13.1 Å². The van der Waals surface area contributed by atoms with Crippen LogP contribution in [0.2, 0.25) is 0 Å². The topological polar surface area (TPSA) is 35.8 Å². The number of nitrogens with zero attached hydrogens (tertiary/aromatic N) is 1. The average Bonchev–Trinajstić information content (AvgIpc) is 2.33. The summed E-state index contributed by atoms with van der Waals surface area (Å²) in [7, 11) is 0. The van der Waals surface area contributed by atoms with E-state index < -0.39 is 5.92 Å². The molecule has 0 atom stereocenters. The molecule has 0 aromatic carbocycles. The van der Waals surface area contributed by atoms with Crippen molar-refractivity contribution in [1.29, 1.82) is 5.26 Å². The van der Waals surface area contributed by atoms with Gasteiger partial charge in [-0.15, -0.1) is 0 Å². The Morgan fingerprint density at radius 3 is 1.94 bits per heavy atom. The summed E-state index contributed by atoms with van der Waals surface area (Å²) in [5, 5.41) is 10.8. The number of halogens is 2. The van der Waals surface area contributed by atoms with Crippen LogP contribution in [0.15, 0.2) is 0 Å². The monoisotopic (exact) mass is 246 g/mol. The quantitative estimate of drug-likeness (QED) is 0.765. The molecule has 1 aliphatic heterocycles. The molecule has 1 heterocycles. The van der Waals surface area contributed by atoms with Gasteiger partial charge in [0.1, 0.15) is 0 Å². The Kier molecular flexibility index (Phi) is 8.97. The Morgan fingerprint density at radius 2 is 1.65 bits per heavy atom. The first-order valence-electron chi connectivity index (χ1n) is 6.59. The van der Waals surface area contributed by atoms with Crippen LogP contribution in [0.5, 0.6) is 0 Å². The van der Waals surface area contributed by atoms with Crippen LogP contribution in [0.1, 0.15) is 52.4 Å². The minimum Gasteiger partial charge on any atom is -0.305 e. The van der Waals surface area contributed by atoms with Gasteiger partial charge in [-0.1, -0.05) is 33.1 Å². The first kappa shape index (κ1) is 16.3. The van der Waals surface area contributed by atoms with Crippen LogP contribution >= 0.6 is 0 Å². The third-order valence-corrected chi connectivity index (χ3v) is 2.87. The SMILES string of the molecule is CC.FC1(F)CNC1.N#CCC1CCCCC1. The Hall–Kier alpha value is -0.690. The van der Waals surface area contributed by atoms with Crippen molar-refractivity contribution in [1.82, 2.24) is 5.32 Å². The van der Waals surface area contributed by atoms with E-state index in [9.17, 15) is 8.78 Å². The van der Waals surface area contributed by atoms with Gasteiger partial charge in [0.25, 0.3) is 5.92 Å². The van der Waals surface area contributed by atoms with E-state index in [4.69, 9.17) is 5.26 Å². The van der Waals surface area contributed by atoms with Crippen molar-refractivity contribution >= 4 is 0 Å². The van der Waals surface area contributed by atoms with Crippen LogP contribution in [-0.2, 0) is 0 Å². The molecule has 2 rings (SSSR count). The molecule has 2 nitrogen and oxygen atoms in total. The number of rotatable bonds is 1. The third-order valence-electron chi connectivity index (χ3n) is 2.87. The number of hydrogen-bond donors (Lipinski definition) is 1. The summed E-state index contributed by atoms with van der Waals surface area (Å²) in [5.74, 6) is -1.65. The van der Waals surface area contributed by atoms with Crippen LogP contribution < -0.4 is 5.32 Å². The van der Waals surface area contributed by atoms with Gasteiger partial charge in [-0.3, -0.25) is 0 Å². The van der Waals surface area contributed by atoms with Gasteiger partial charge in [-0.25, -0.2) is 8.78 Å². The molecular formula is C13H24F2N2. The molecule has 0 unspecified atom stereocenters. The smallest absolute Gasteiger partial charge is 0.272 e. The second-order valence-corrected chi connectivity index (χ2v) is 4.33. The van der Waals surface area contributed by atoms with Crippen LogP contribution in [0.3, 0.4) is 0 Å². The molecule has 0 radical (unpaired) electrons. The lowest BCUT2D eigenvalue weighted by Gasteiger charge is -2.25. The average molecular weight is 246 g/mol. The molecule has 1 N–H and O–H groups in total. The normalized spacial score (nSPS) is 21.8. The highest BCUT2D eigenvalue weighted by atomic mass is 19.3. The van der Waals surface area contributed by atoms with Gasteiger partial charge in [0.2, 0.25) is 0 Å². The van der Waals surface area contributed by atoms with Gasteiger partial charge < -0.3 is 5.32 Å². The summed E-state index contributed by atoms with van der Waals surface area (Å²) in [4.78, 5) is 0. The van der Waals surface area contributed by atoms with Crippen molar-refractivity contribution in [3.63, 3.8) is 0 Å². The molecule has 2 aliphatic rings. The predicted molar refractivity (Wildman–Crippen MR) is 66.0 cm³/mol. The first-order chi connectivity index (χ1) is 8.14. The lowest BCUT2D eigenvalue weighted by atomic mass is 9.87. The van der Waals surface area contributed by atoms with Gasteiger partial charge in [0, 0.05) is 6.42 Å². The molecule has 17 heavy (non-hydrogen) atoms. The van der Waals surface area contributed by atoms with E-state index in [1.807, 2.05) is 13.8 Å². The molecule has 100 valence electrons.